The minimum atomic E-state index is -0.823. The molecule has 0 bridgehead atoms. The van der Waals surface area contributed by atoms with Gasteiger partial charge >= 0.3 is 5.97 Å². The molecule has 1 aliphatic rings. The monoisotopic (exact) mass is 245 g/mol. The van der Waals surface area contributed by atoms with Crippen LogP contribution < -0.4 is 0 Å². The van der Waals surface area contributed by atoms with E-state index in [0.29, 0.717) is 11.6 Å². The highest BCUT2D eigenvalue weighted by Crippen LogP contribution is 2.40. The van der Waals surface area contributed by atoms with Crippen LogP contribution in [0.15, 0.2) is 29.6 Å². The Balaban J connectivity index is 1.83. The van der Waals surface area contributed by atoms with Gasteiger partial charge in [0.2, 0.25) is 0 Å². The molecule has 1 atom stereocenters. The Morgan fingerprint density at radius 2 is 2.29 bits per heavy atom. The van der Waals surface area contributed by atoms with Crippen molar-refractivity contribution < 1.29 is 9.90 Å². The van der Waals surface area contributed by atoms with Gasteiger partial charge in [-0.05, 0) is 17.5 Å². The normalized spacial score (nSPS) is 17.3. The fraction of sp³-hybridized carbons (Fsp3) is 0.231. The predicted molar refractivity (Wildman–Crippen MR) is 65.4 cm³/mol. The molecular formula is C13H11NO2S. The van der Waals surface area contributed by atoms with E-state index in [4.69, 9.17) is 5.11 Å². The van der Waals surface area contributed by atoms with E-state index in [1.165, 1.54) is 11.1 Å². The molecule has 0 amide bonds. The zero-order valence-electron chi connectivity index (χ0n) is 9.09. The summed E-state index contributed by atoms with van der Waals surface area (Å²) in [5.74, 6) is -0.449. The van der Waals surface area contributed by atoms with Crippen molar-refractivity contribution in [1.29, 1.82) is 0 Å². The summed E-state index contributed by atoms with van der Waals surface area (Å²) in [4.78, 5) is 15.0. The predicted octanol–water partition coefficient (Wildman–Crippen LogP) is 2.46. The Kier molecular flexibility index (Phi) is 2.44. The van der Waals surface area contributed by atoms with Crippen LogP contribution in [0.3, 0.4) is 0 Å². The minimum Gasteiger partial charge on any atom is -0.481 e. The van der Waals surface area contributed by atoms with E-state index < -0.39 is 5.97 Å². The topological polar surface area (TPSA) is 50.2 Å². The van der Waals surface area contributed by atoms with Crippen molar-refractivity contribution >= 4 is 17.3 Å². The molecule has 0 radical (unpaired) electrons. The molecule has 0 aliphatic heterocycles. The number of benzene rings is 1. The molecule has 1 aromatic carbocycles. The van der Waals surface area contributed by atoms with Crippen molar-refractivity contribution in [3.05, 3.63) is 51.5 Å². The molecule has 3 rings (SSSR count). The zero-order chi connectivity index (χ0) is 11.8. The molecule has 1 aliphatic carbocycles. The van der Waals surface area contributed by atoms with Crippen LogP contribution in [0.5, 0.6) is 0 Å². The number of carboxylic acids is 1. The van der Waals surface area contributed by atoms with Gasteiger partial charge in [-0.3, -0.25) is 4.79 Å². The summed E-state index contributed by atoms with van der Waals surface area (Å²) in [6.07, 6.45) is 1.04. The van der Waals surface area contributed by atoms with E-state index >= 15 is 0 Å². The third kappa shape index (κ3) is 1.85. The number of nitrogens with zero attached hydrogens (tertiary/aromatic N) is 1. The van der Waals surface area contributed by atoms with Crippen LogP contribution in [0.25, 0.3) is 0 Å². The first-order valence-corrected chi connectivity index (χ1v) is 6.36. The van der Waals surface area contributed by atoms with Crippen molar-refractivity contribution in [3.8, 4) is 0 Å². The molecule has 1 heterocycles. The molecule has 86 valence electrons. The van der Waals surface area contributed by atoms with Gasteiger partial charge in [0.1, 0.15) is 5.01 Å². The molecule has 0 spiro atoms. The van der Waals surface area contributed by atoms with E-state index in [-0.39, 0.29) is 6.42 Å². The highest BCUT2D eigenvalue weighted by Gasteiger charge is 2.29. The zero-order valence-corrected chi connectivity index (χ0v) is 9.91. The second-order valence-corrected chi connectivity index (χ2v) is 5.09. The maximum Gasteiger partial charge on any atom is 0.309 e. The largest absolute Gasteiger partial charge is 0.481 e. The lowest BCUT2D eigenvalue weighted by atomic mass is 9.78. The quantitative estimate of drug-likeness (QED) is 0.903. The van der Waals surface area contributed by atoms with Crippen LogP contribution in [-0.4, -0.2) is 16.1 Å². The van der Waals surface area contributed by atoms with Crippen LogP contribution >= 0.6 is 11.3 Å². The Bertz CT molecular complexity index is 576. The molecule has 17 heavy (non-hydrogen) atoms. The highest BCUT2D eigenvalue weighted by atomic mass is 32.1. The van der Waals surface area contributed by atoms with Crippen LogP contribution in [0.4, 0.5) is 0 Å². The molecular weight excluding hydrogens is 234 g/mol. The summed E-state index contributed by atoms with van der Waals surface area (Å²) < 4.78 is 0. The molecule has 3 nitrogen and oxygen atoms in total. The smallest absolute Gasteiger partial charge is 0.309 e. The number of fused-ring (bicyclic) bond motifs is 1. The van der Waals surface area contributed by atoms with Gasteiger partial charge in [0.25, 0.3) is 0 Å². The SMILES string of the molecule is O=C(O)Cc1csc(C2Cc3ccccc32)n1. The van der Waals surface area contributed by atoms with Crippen LogP contribution in [0.1, 0.15) is 27.7 Å². The highest BCUT2D eigenvalue weighted by molar-refractivity contribution is 7.09. The summed E-state index contributed by atoms with van der Waals surface area (Å²) in [5, 5.41) is 11.6. The standard InChI is InChI=1S/C13H11NO2S/c15-12(16)6-9-7-17-13(14-9)11-5-8-3-1-2-4-10(8)11/h1-4,7,11H,5-6H2,(H,15,16). The van der Waals surface area contributed by atoms with Crippen molar-refractivity contribution in [2.75, 3.05) is 0 Å². The molecule has 0 saturated heterocycles. The van der Waals surface area contributed by atoms with Crippen LogP contribution in [0, 0.1) is 0 Å². The number of carbonyl (C=O) groups is 1. The molecule has 1 unspecified atom stereocenters. The molecule has 1 aromatic heterocycles. The second kappa shape index (κ2) is 3.96. The van der Waals surface area contributed by atoms with Gasteiger partial charge in [0, 0.05) is 11.3 Å². The van der Waals surface area contributed by atoms with Crippen molar-refractivity contribution in [3.63, 3.8) is 0 Å². The number of thiazole rings is 1. The van der Waals surface area contributed by atoms with E-state index in [0.717, 1.165) is 11.4 Å². The molecule has 0 saturated carbocycles. The third-order valence-corrected chi connectivity index (χ3v) is 4.06. The lowest BCUT2D eigenvalue weighted by Gasteiger charge is -2.28. The number of rotatable bonds is 3. The van der Waals surface area contributed by atoms with Gasteiger partial charge in [0.15, 0.2) is 0 Å². The van der Waals surface area contributed by atoms with Gasteiger partial charge in [-0.25, -0.2) is 4.98 Å². The fourth-order valence-corrected chi connectivity index (χ4v) is 3.14. The Morgan fingerprint density at radius 3 is 3.06 bits per heavy atom. The van der Waals surface area contributed by atoms with E-state index in [2.05, 4.69) is 17.1 Å². The minimum absolute atomic E-state index is 0.0187. The first-order chi connectivity index (χ1) is 8.24. The summed E-state index contributed by atoms with van der Waals surface area (Å²) in [5.41, 5.74) is 3.39. The molecule has 2 aromatic rings. The number of carboxylic acid groups (broad SMARTS) is 1. The number of hydrogen-bond donors (Lipinski definition) is 1. The molecule has 4 heteroatoms. The van der Waals surface area contributed by atoms with E-state index in [1.807, 2.05) is 17.5 Å². The summed E-state index contributed by atoms with van der Waals surface area (Å²) in [6.45, 7) is 0. The van der Waals surface area contributed by atoms with Crippen molar-refractivity contribution in [1.82, 2.24) is 4.98 Å². The van der Waals surface area contributed by atoms with Gasteiger partial charge in [-0.2, -0.15) is 0 Å². The Labute approximate surface area is 103 Å². The summed E-state index contributed by atoms with van der Waals surface area (Å²) in [6, 6.07) is 8.35. The number of aliphatic carboxylic acids is 1. The van der Waals surface area contributed by atoms with Gasteiger partial charge in [-0.1, -0.05) is 24.3 Å². The van der Waals surface area contributed by atoms with Crippen LogP contribution in [-0.2, 0) is 17.6 Å². The van der Waals surface area contributed by atoms with Crippen molar-refractivity contribution in [2.45, 2.75) is 18.8 Å². The average molecular weight is 245 g/mol. The lowest BCUT2D eigenvalue weighted by Crippen LogP contribution is -2.17. The van der Waals surface area contributed by atoms with E-state index in [9.17, 15) is 4.79 Å². The van der Waals surface area contributed by atoms with Crippen molar-refractivity contribution in [2.24, 2.45) is 0 Å². The fourth-order valence-electron chi connectivity index (χ4n) is 2.20. The average Bonchev–Trinajstić information content (AvgIpc) is 2.67. The number of hydrogen-bond acceptors (Lipinski definition) is 3. The van der Waals surface area contributed by atoms with E-state index in [1.54, 1.807) is 11.3 Å². The van der Waals surface area contributed by atoms with Gasteiger partial charge in [-0.15, -0.1) is 11.3 Å². The summed E-state index contributed by atoms with van der Waals surface area (Å²) >= 11 is 1.56. The third-order valence-electron chi connectivity index (χ3n) is 3.05. The summed E-state index contributed by atoms with van der Waals surface area (Å²) in [7, 11) is 0. The van der Waals surface area contributed by atoms with Gasteiger partial charge in [0.05, 0.1) is 12.1 Å². The maximum atomic E-state index is 10.6. The Hall–Kier alpha value is -1.68. The second-order valence-electron chi connectivity index (χ2n) is 4.20. The first-order valence-electron chi connectivity index (χ1n) is 5.48. The van der Waals surface area contributed by atoms with Gasteiger partial charge < -0.3 is 5.11 Å². The molecule has 1 N–H and O–H groups in total. The Morgan fingerprint density at radius 1 is 1.47 bits per heavy atom. The number of aromatic nitrogens is 1. The van der Waals surface area contributed by atoms with Crippen LogP contribution in [0.2, 0.25) is 0 Å². The molecule has 0 fully saturated rings. The lowest BCUT2D eigenvalue weighted by molar-refractivity contribution is -0.136. The first kappa shape index (κ1) is 10.5. The maximum absolute atomic E-state index is 10.6.